The summed E-state index contributed by atoms with van der Waals surface area (Å²) in [5.74, 6) is 1.61. The van der Waals surface area contributed by atoms with Crippen molar-refractivity contribution in [3.05, 3.63) is 0 Å². The van der Waals surface area contributed by atoms with E-state index in [2.05, 4.69) is 12.2 Å². The number of hydrogen-bond acceptors (Lipinski definition) is 3. The minimum Gasteiger partial charge on any atom is -0.469 e. The molecular weight excluding hydrogens is 226 g/mol. The van der Waals surface area contributed by atoms with Gasteiger partial charge in [0.25, 0.3) is 0 Å². The fourth-order valence-corrected chi connectivity index (χ4v) is 2.78. The molecule has 1 fully saturated rings. The van der Waals surface area contributed by atoms with Crippen LogP contribution in [0.25, 0.3) is 0 Å². The quantitative estimate of drug-likeness (QED) is 0.742. The van der Waals surface area contributed by atoms with Crippen molar-refractivity contribution in [1.82, 2.24) is 5.32 Å². The second-order valence-electron chi connectivity index (χ2n) is 6.30. The Morgan fingerprint density at radius 2 is 1.78 bits per heavy atom. The number of hydrogen-bond donors (Lipinski definition) is 1. The van der Waals surface area contributed by atoms with Crippen molar-refractivity contribution in [3.63, 3.8) is 0 Å². The molecule has 0 atom stereocenters. The van der Waals surface area contributed by atoms with Crippen molar-refractivity contribution in [1.29, 1.82) is 0 Å². The van der Waals surface area contributed by atoms with Crippen molar-refractivity contribution in [2.75, 3.05) is 20.2 Å². The Morgan fingerprint density at radius 3 is 2.28 bits per heavy atom. The highest BCUT2D eigenvalue weighted by molar-refractivity contribution is 5.76. The van der Waals surface area contributed by atoms with E-state index in [1.807, 2.05) is 13.8 Å². The highest BCUT2D eigenvalue weighted by Crippen LogP contribution is 2.30. The molecule has 0 spiro atoms. The number of nitrogens with one attached hydrogen (secondary N) is 1. The van der Waals surface area contributed by atoms with Gasteiger partial charge >= 0.3 is 5.97 Å². The normalized spacial score (nSPS) is 24.9. The predicted molar refractivity (Wildman–Crippen MR) is 74.4 cm³/mol. The van der Waals surface area contributed by atoms with Gasteiger partial charge in [-0.2, -0.15) is 0 Å². The van der Waals surface area contributed by atoms with Crippen LogP contribution in [0.5, 0.6) is 0 Å². The Balaban J connectivity index is 2.20. The van der Waals surface area contributed by atoms with Crippen LogP contribution in [0.2, 0.25) is 0 Å². The van der Waals surface area contributed by atoms with Gasteiger partial charge in [-0.3, -0.25) is 4.79 Å². The van der Waals surface area contributed by atoms with Crippen molar-refractivity contribution in [2.24, 2.45) is 17.3 Å². The number of ether oxygens (including phenoxy) is 1. The lowest BCUT2D eigenvalue weighted by Crippen LogP contribution is -2.39. The lowest BCUT2D eigenvalue weighted by atomic mass is 9.81. The minimum atomic E-state index is -0.421. The number of esters is 1. The summed E-state index contributed by atoms with van der Waals surface area (Å²) >= 11 is 0. The van der Waals surface area contributed by atoms with Gasteiger partial charge in [0.05, 0.1) is 12.5 Å². The van der Waals surface area contributed by atoms with Crippen LogP contribution in [0, 0.1) is 17.3 Å². The van der Waals surface area contributed by atoms with Gasteiger partial charge in [-0.15, -0.1) is 0 Å². The van der Waals surface area contributed by atoms with Crippen LogP contribution in [0.1, 0.15) is 52.9 Å². The number of rotatable bonds is 6. The third-order valence-electron chi connectivity index (χ3n) is 4.28. The van der Waals surface area contributed by atoms with Gasteiger partial charge in [0.15, 0.2) is 0 Å². The summed E-state index contributed by atoms with van der Waals surface area (Å²) in [6.07, 6.45) is 6.76. The van der Waals surface area contributed by atoms with E-state index in [9.17, 15) is 4.79 Å². The van der Waals surface area contributed by atoms with E-state index in [0.29, 0.717) is 6.54 Å². The standard InChI is InChI=1S/C15H29NO2/c1-5-12-6-8-13(9-7-12)10-16-11-15(2,3)14(17)18-4/h12-13,16H,5-11H2,1-4H3. The highest BCUT2D eigenvalue weighted by Gasteiger charge is 2.28. The van der Waals surface area contributed by atoms with Gasteiger partial charge in [0.1, 0.15) is 0 Å². The first kappa shape index (κ1) is 15.5. The summed E-state index contributed by atoms with van der Waals surface area (Å²) in [7, 11) is 1.45. The molecule has 1 saturated carbocycles. The molecule has 0 aromatic carbocycles. The molecule has 0 bridgehead atoms. The Bertz CT molecular complexity index is 255. The molecule has 0 radical (unpaired) electrons. The van der Waals surface area contributed by atoms with Crippen LogP contribution in [-0.2, 0) is 9.53 Å². The Labute approximate surface area is 112 Å². The third-order valence-corrected chi connectivity index (χ3v) is 4.28. The SMILES string of the molecule is CCC1CCC(CNCC(C)(C)C(=O)OC)CC1. The maximum atomic E-state index is 11.5. The van der Waals surface area contributed by atoms with Gasteiger partial charge in [-0.05, 0) is 45.1 Å². The molecule has 0 aromatic heterocycles. The molecule has 3 heteroatoms. The van der Waals surface area contributed by atoms with E-state index in [1.54, 1.807) is 0 Å². The zero-order valence-corrected chi connectivity index (χ0v) is 12.4. The first-order valence-electron chi connectivity index (χ1n) is 7.28. The Morgan fingerprint density at radius 1 is 1.22 bits per heavy atom. The molecule has 0 aliphatic heterocycles. The van der Waals surface area contributed by atoms with E-state index in [4.69, 9.17) is 4.74 Å². The molecule has 106 valence electrons. The summed E-state index contributed by atoms with van der Waals surface area (Å²) in [4.78, 5) is 11.5. The lowest BCUT2D eigenvalue weighted by molar-refractivity contribution is -0.150. The van der Waals surface area contributed by atoms with Gasteiger partial charge in [-0.25, -0.2) is 0 Å². The largest absolute Gasteiger partial charge is 0.469 e. The van der Waals surface area contributed by atoms with E-state index >= 15 is 0 Å². The smallest absolute Gasteiger partial charge is 0.312 e. The van der Waals surface area contributed by atoms with Crippen molar-refractivity contribution < 1.29 is 9.53 Å². The van der Waals surface area contributed by atoms with E-state index in [-0.39, 0.29) is 5.97 Å². The average molecular weight is 255 g/mol. The minimum absolute atomic E-state index is 0.135. The first-order chi connectivity index (χ1) is 8.49. The summed E-state index contributed by atoms with van der Waals surface area (Å²) in [5.41, 5.74) is -0.421. The van der Waals surface area contributed by atoms with Crippen molar-refractivity contribution in [2.45, 2.75) is 52.9 Å². The van der Waals surface area contributed by atoms with Crippen molar-refractivity contribution in [3.8, 4) is 0 Å². The summed E-state index contributed by atoms with van der Waals surface area (Å²) < 4.78 is 4.81. The molecule has 0 unspecified atom stereocenters. The monoisotopic (exact) mass is 255 g/mol. The molecule has 0 amide bonds. The second-order valence-corrected chi connectivity index (χ2v) is 6.30. The third kappa shape index (κ3) is 4.60. The van der Waals surface area contributed by atoms with Crippen LogP contribution in [-0.4, -0.2) is 26.2 Å². The number of carbonyl (C=O) groups excluding carboxylic acids is 1. The molecule has 0 aromatic rings. The van der Waals surface area contributed by atoms with Crippen LogP contribution < -0.4 is 5.32 Å². The topological polar surface area (TPSA) is 38.3 Å². The molecule has 3 nitrogen and oxygen atoms in total. The fourth-order valence-electron chi connectivity index (χ4n) is 2.78. The maximum Gasteiger partial charge on any atom is 0.312 e. The maximum absolute atomic E-state index is 11.5. The average Bonchev–Trinajstić information content (AvgIpc) is 2.38. The molecule has 18 heavy (non-hydrogen) atoms. The van der Waals surface area contributed by atoms with Gasteiger partial charge < -0.3 is 10.1 Å². The molecule has 0 saturated heterocycles. The Kier molecular flexibility index (Phi) is 6.13. The summed E-state index contributed by atoms with van der Waals surface area (Å²) in [5, 5.41) is 3.44. The predicted octanol–water partition coefficient (Wildman–Crippen LogP) is 2.99. The van der Waals surface area contributed by atoms with Gasteiger partial charge in [0, 0.05) is 6.54 Å². The fraction of sp³-hybridized carbons (Fsp3) is 0.933. The molecule has 0 heterocycles. The molecule has 1 aliphatic rings. The second kappa shape index (κ2) is 7.13. The van der Waals surface area contributed by atoms with Gasteiger partial charge in [0.2, 0.25) is 0 Å². The highest BCUT2D eigenvalue weighted by atomic mass is 16.5. The van der Waals surface area contributed by atoms with E-state index in [1.165, 1.54) is 39.2 Å². The van der Waals surface area contributed by atoms with Gasteiger partial charge in [-0.1, -0.05) is 26.2 Å². The van der Waals surface area contributed by atoms with Crippen molar-refractivity contribution >= 4 is 5.97 Å². The van der Waals surface area contributed by atoms with Crippen LogP contribution >= 0.6 is 0 Å². The molecule has 1 rings (SSSR count). The zero-order chi connectivity index (χ0) is 13.6. The molecular formula is C15H29NO2. The summed E-state index contributed by atoms with van der Waals surface area (Å²) in [6, 6.07) is 0. The lowest BCUT2D eigenvalue weighted by Gasteiger charge is -2.29. The van der Waals surface area contributed by atoms with E-state index in [0.717, 1.165) is 18.4 Å². The molecule has 1 aliphatic carbocycles. The van der Waals surface area contributed by atoms with E-state index < -0.39 is 5.41 Å². The number of methoxy groups -OCH3 is 1. The Hall–Kier alpha value is -0.570. The van der Waals surface area contributed by atoms with Crippen LogP contribution in [0.15, 0.2) is 0 Å². The number of carbonyl (C=O) groups is 1. The van der Waals surface area contributed by atoms with Crippen LogP contribution in [0.3, 0.4) is 0 Å². The van der Waals surface area contributed by atoms with Crippen LogP contribution in [0.4, 0.5) is 0 Å². The molecule has 1 N–H and O–H groups in total. The summed E-state index contributed by atoms with van der Waals surface area (Å²) in [6.45, 7) is 7.89. The first-order valence-corrected chi connectivity index (χ1v) is 7.28. The zero-order valence-electron chi connectivity index (χ0n) is 12.4.